The van der Waals surface area contributed by atoms with Gasteiger partial charge in [0.2, 0.25) is 5.91 Å². The maximum atomic E-state index is 12.5. The van der Waals surface area contributed by atoms with Crippen LogP contribution in [0, 0.1) is 0 Å². The summed E-state index contributed by atoms with van der Waals surface area (Å²) in [5, 5.41) is 9.33. The number of nitrogens with one attached hydrogen (secondary N) is 2. The van der Waals surface area contributed by atoms with Gasteiger partial charge in [0.15, 0.2) is 9.84 Å². The molecule has 3 rings (SSSR count). The molecular formula is C21H16Cl2N2O4S2. The van der Waals surface area contributed by atoms with Crippen molar-refractivity contribution in [2.75, 3.05) is 16.9 Å². The Balaban J connectivity index is 1.71. The van der Waals surface area contributed by atoms with Crippen molar-refractivity contribution in [2.45, 2.75) is 4.90 Å². The molecule has 0 aliphatic rings. The lowest BCUT2D eigenvalue weighted by Crippen LogP contribution is -2.13. The molecule has 6 nitrogen and oxygen atoms in total. The maximum absolute atomic E-state index is 12.5. The van der Waals surface area contributed by atoms with Crippen molar-refractivity contribution in [3.8, 4) is 0 Å². The van der Waals surface area contributed by atoms with E-state index in [9.17, 15) is 18.0 Å². The van der Waals surface area contributed by atoms with Gasteiger partial charge in [0.25, 0.3) is 5.91 Å². The van der Waals surface area contributed by atoms with Crippen LogP contribution < -0.4 is 10.6 Å². The first-order valence-electron chi connectivity index (χ1n) is 8.75. The van der Waals surface area contributed by atoms with E-state index in [4.69, 9.17) is 23.2 Å². The van der Waals surface area contributed by atoms with Crippen molar-refractivity contribution in [3.63, 3.8) is 0 Å². The number of thiophene rings is 1. The normalized spacial score (nSPS) is 11.5. The Morgan fingerprint density at radius 2 is 1.65 bits per heavy atom. The van der Waals surface area contributed by atoms with Gasteiger partial charge in [-0.15, -0.1) is 0 Å². The lowest BCUT2D eigenvalue weighted by atomic mass is 10.2. The molecule has 2 N–H and O–H groups in total. The van der Waals surface area contributed by atoms with Crippen LogP contribution in [0.25, 0.3) is 6.08 Å². The Kier molecular flexibility index (Phi) is 7.17. The molecule has 0 atom stereocenters. The minimum Gasteiger partial charge on any atom is -0.322 e. The molecule has 3 aromatic rings. The minimum atomic E-state index is -3.36. The Morgan fingerprint density at radius 1 is 1.00 bits per heavy atom. The molecule has 0 aliphatic heterocycles. The fourth-order valence-electron chi connectivity index (χ4n) is 2.53. The summed E-state index contributed by atoms with van der Waals surface area (Å²) in [7, 11) is -3.36. The molecule has 31 heavy (non-hydrogen) atoms. The molecule has 0 spiro atoms. The van der Waals surface area contributed by atoms with Gasteiger partial charge in [-0.05, 0) is 64.9 Å². The number of sulfone groups is 1. The first kappa shape index (κ1) is 23.0. The summed E-state index contributed by atoms with van der Waals surface area (Å²) in [5.74, 6) is -0.875. The number of carbonyl (C=O) groups is 2. The van der Waals surface area contributed by atoms with Gasteiger partial charge in [0.1, 0.15) is 0 Å². The monoisotopic (exact) mass is 494 g/mol. The summed E-state index contributed by atoms with van der Waals surface area (Å²) in [5.41, 5.74) is 1.69. The van der Waals surface area contributed by atoms with Gasteiger partial charge < -0.3 is 10.6 Å². The zero-order valence-electron chi connectivity index (χ0n) is 16.1. The fourth-order valence-corrected chi connectivity index (χ4v) is 4.37. The van der Waals surface area contributed by atoms with Gasteiger partial charge in [0.05, 0.1) is 20.6 Å². The van der Waals surface area contributed by atoms with Crippen LogP contribution in [0.15, 0.2) is 64.2 Å². The van der Waals surface area contributed by atoms with Gasteiger partial charge in [-0.2, -0.15) is 11.3 Å². The van der Waals surface area contributed by atoms with Crippen molar-refractivity contribution < 1.29 is 18.0 Å². The molecule has 160 valence electrons. The molecule has 0 saturated heterocycles. The number of carbonyl (C=O) groups excluding carboxylic acids is 2. The summed E-state index contributed by atoms with van der Waals surface area (Å²) < 4.78 is 23.1. The Labute approximate surface area is 193 Å². The van der Waals surface area contributed by atoms with Crippen LogP contribution in [-0.4, -0.2) is 26.5 Å². The molecule has 0 saturated carbocycles. The number of benzene rings is 2. The number of hydrogen-bond acceptors (Lipinski definition) is 5. The second kappa shape index (κ2) is 9.65. The van der Waals surface area contributed by atoms with Crippen LogP contribution in [0.2, 0.25) is 10.0 Å². The van der Waals surface area contributed by atoms with Crippen molar-refractivity contribution >= 4 is 73.6 Å². The smallest absolute Gasteiger partial charge is 0.255 e. The molecule has 2 aromatic carbocycles. The maximum Gasteiger partial charge on any atom is 0.255 e. The van der Waals surface area contributed by atoms with Gasteiger partial charge >= 0.3 is 0 Å². The van der Waals surface area contributed by atoms with Crippen LogP contribution in [0.3, 0.4) is 0 Å². The summed E-state index contributed by atoms with van der Waals surface area (Å²) >= 11 is 14.0. The molecular weight excluding hydrogens is 479 g/mol. The minimum absolute atomic E-state index is 0.105. The third-order valence-electron chi connectivity index (χ3n) is 4.06. The van der Waals surface area contributed by atoms with Crippen LogP contribution in [-0.2, 0) is 14.6 Å². The van der Waals surface area contributed by atoms with E-state index in [1.165, 1.54) is 53.8 Å². The van der Waals surface area contributed by atoms with Crippen LogP contribution in [0.5, 0.6) is 0 Å². The van der Waals surface area contributed by atoms with Crippen molar-refractivity contribution in [1.82, 2.24) is 0 Å². The second-order valence-corrected chi connectivity index (χ2v) is 10.1. The summed E-state index contributed by atoms with van der Waals surface area (Å²) in [6.07, 6.45) is 4.15. The molecule has 0 bridgehead atoms. The first-order valence-corrected chi connectivity index (χ1v) is 12.3. The Morgan fingerprint density at radius 3 is 2.19 bits per heavy atom. The number of amides is 2. The summed E-state index contributed by atoms with van der Waals surface area (Å²) in [6, 6.07) is 10.3. The topological polar surface area (TPSA) is 92.3 Å². The highest BCUT2D eigenvalue weighted by atomic mass is 35.5. The van der Waals surface area contributed by atoms with Crippen molar-refractivity contribution in [3.05, 3.63) is 80.5 Å². The van der Waals surface area contributed by atoms with E-state index in [1.54, 1.807) is 6.08 Å². The van der Waals surface area contributed by atoms with Gasteiger partial charge in [-0.3, -0.25) is 9.59 Å². The number of rotatable bonds is 6. The quantitative estimate of drug-likeness (QED) is 0.450. The molecule has 1 heterocycles. The standard InChI is InChI=1S/C21H16Cl2N2O4S2/c1-31(28,29)16-5-3-14(4-6-16)21(27)25-20-17(22)10-15(11-18(20)23)24-19(26)7-2-13-8-9-30-12-13/h2-12H,1H3,(H,24,26)(H,25,27)/b7-2+. The Bertz CT molecular complexity index is 1230. The van der Waals surface area contributed by atoms with E-state index in [0.29, 0.717) is 5.69 Å². The second-order valence-electron chi connectivity index (χ2n) is 6.44. The SMILES string of the molecule is CS(=O)(=O)c1ccc(C(=O)Nc2c(Cl)cc(NC(=O)/C=C/c3ccsc3)cc2Cl)cc1. The van der Waals surface area contributed by atoms with Crippen molar-refractivity contribution in [2.24, 2.45) is 0 Å². The molecule has 0 aliphatic carbocycles. The third-order valence-corrected chi connectivity index (χ3v) is 6.49. The van der Waals surface area contributed by atoms with E-state index in [-0.39, 0.29) is 32.1 Å². The average Bonchev–Trinajstić information content (AvgIpc) is 3.22. The van der Waals surface area contributed by atoms with Crippen LogP contribution >= 0.6 is 34.5 Å². The first-order chi connectivity index (χ1) is 14.6. The lowest BCUT2D eigenvalue weighted by molar-refractivity contribution is -0.111. The molecule has 1 aromatic heterocycles. The number of anilines is 2. The highest BCUT2D eigenvalue weighted by molar-refractivity contribution is 7.90. The summed E-state index contributed by atoms with van der Waals surface area (Å²) in [4.78, 5) is 24.7. The lowest BCUT2D eigenvalue weighted by Gasteiger charge is -2.12. The van der Waals surface area contributed by atoms with Crippen LogP contribution in [0.4, 0.5) is 11.4 Å². The Hall–Kier alpha value is -2.65. The summed E-state index contributed by atoms with van der Waals surface area (Å²) in [6.45, 7) is 0. The zero-order valence-corrected chi connectivity index (χ0v) is 19.2. The highest BCUT2D eigenvalue weighted by Gasteiger charge is 2.15. The van der Waals surface area contributed by atoms with E-state index in [1.807, 2.05) is 16.8 Å². The molecule has 0 fully saturated rings. The highest BCUT2D eigenvalue weighted by Crippen LogP contribution is 2.34. The van der Waals surface area contributed by atoms with Gasteiger partial charge in [0, 0.05) is 23.6 Å². The van der Waals surface area contributed by atoms with E-state index >= 15 is 0 Å². The largest absolute Gasteiger partial charge is 0.322 e. The van der Waals surface area contributed by atoms with Gasteiger partial charge in [-0.25, -0.2) is 8.42 Å². The van der Waals surface area contributed by atoms with E-state index in [2.05, 4.69) is 10.6 Å². The molecule has 10 heteroatoms. The number of halogens is 2. The van der Waals surface area contributed by atoms with E-state index in [0.717, 1.165) is 11.8 Å². The predicted octanol–water partition coefficient (Wildman–Crippen LogP) is 5.36. The fraction of sp³-hybridized carbons (Fsp3) is 0.0476. The van der Waals surface area contributed by atoms with Gasteiger partial charge in [-0.1, -0.05) is 23.2 Å². The van der Waals surface area contributed by atoms with Crippen LogP contribution in [0.1, 0.15) is 15.9 Å². The average molecular weight is 495 g/mol. The zero-order chi connectivity index (χ0) is 22.6. The van der Waals surface area contributed by atoms with E-state index < -0.39 is 15.7 Å². The molecule has 0 unspecified atom stereocenters. The molecule has 0 radical (unpaired) electrons. The van der Waals surface area contributed by atoms with Crippen molar-refractivity contribution in [1.29, 1.82) is 0 Å². The molecule has 2 amide bonds. The predicted molar refractivity (Wildman–Crippen MR) is 126 cm³/mol. The number of hydrogen-bond donors (Lipinski definition) is 2. The third kappa shape index (κ3) is 6.18.